The normalized spacial score (nSPS) is 22.7. The van der Waals surface area contributed by atoms with E-state index in [0.29, 0.717) is 30.2 Å². The Kier molecular flexibility index (Phi) is 6.81. The third-order valence-corrected chi connectivity index (χ3v) is 4.95. The van der Waals surface area contributed by atoms with E-state index >= 15 is 0 Å². The van der Waals surface area contributed by atoms with E-state index in [1.807, 2.05) is 41.5 Å². The van der Waals surface area contributed by atoms with E-state index in [-0.39, 0.29) is 12.1 Å². The molecule has 1 aliphatic heterocycles. The van der Waals surface area contributed by atoms with Gasteiger partial charge >= 0.3 is 12.1 Å². The highest BCUT2D eigenvalue weighted by Crippen LogP contribution is 2.29. The molecule has 0 radical (unpaired) electrons. The van der Waals surface area contributed by atoms with Gasteiger partial charge in [0.2, 0.25) is 0 Å². The predicted octanol–water partition coefficient (Wildman–Crippen LogP) is 3.91. The van der Waals surface area contributed by atoms with Crippen LogP contribution in [0.2, 0.25) is 0 Å². The summed E-state index contributed by atoms with van der Waals surface area (Å²) in [6.45, 7) is 14.7. The Morgan fingerprint density at radius 2 is 1.78 bits per heavy atom. The average Bonchev–Trinajstić information content (AvgIpc) is 2.37. The van der Waals surface area contributed by atoms with Crippen LogP contribution in [0.15, 0.2) is 0 Å². The molecule has 2 atom stereocenters. The highest BCUT2D eigenvalue weighted by atomic mass is 32.2. The van der Waals surface area contributed by atoms with Crippen LogP contribution in [0.4, 0.5) is 4.79 Å². The largest absolute Gasteiger partial charge is 0.454 e. The molecule has 0 aromatic rings. The van der Waals surface area contributed by atoms with Crippen molar-refractivity contribution >= 4 is 23.8 Å². The number of nitrogens with zero attached hydrogens (tertiary/aromatic N) is 1. The van der Waals surface area contributed by atoms with Crippen LogP contribution in [0.1, 0.15) is 54.9 Å². The van der Waals surface area contributed by atoms with Crippen molar-refractivity contribution in [2.45, 2.75) is 65.7 Å². The second-order valence-corrected chi connectivity index (χ2v) is 9.37. The van der Waals surface area contributed by atoms with Crippen molar-refractivity contribution in [3.8, 4) is 0 Å². The maximum absolute atomic E-state index is 12.1. The van der Waals surface area contributed by atoms with Crippen molar-refractivity contribution < 1.29 is 19.1 Å². The topological polar surface area (TPSA) is 55.8 Å². The van der Waals surface area contributed by atoms with Gasteiger partial charge in [0.15, 0.2) is 0 Å². The van der Waals surface area contributed by atoms with E-state index in [4.69, 9.17) is 9.47 Å². The van der Waals surface area contributed by atoms with Gasteiger partial charge in [-0.2, -0.15) is 0 Å². The van der Waals surface area contributed by atoms with Crippen molar-refractivity contribution in [1.82, 2.24) is 4.90 Å². The lowest BCUT2D eigenvalue weighted by atomic mass is 9.98. The number of piperidine rings is 1. The Morgan fingerprint density at radius 1 is 1.17 bits per heavy atom. The zero-order valence-electron chi connectivity index (χ0n) is 15.5. The van der Waals surface area contributed by atoms with Gasteiger partial charge in [0.05, 0.1) is 5.41 Å². The van der Waals surface area contributed by atoms with Gasteiger partial charge in [-0.25, -0.2) is 4.79 Å². The molecule has 6 heteroatoms. The summed E-state index contributed by atoms with van der Waals surface area (Å²) in [7, 11) is 0. The van der Waals surface area contributed by atoms with E-state index in [1.54, 1.807) is 16.7 Å². The van der Waals surface area contributed by atoms with E-state index in [1.165, 1.54) is 0 Å². The predicted molar refractivity (Wildman–Crippen MR) is 93.4 cm³/mol. The SMILES string of the molecule is CC1CN(C(=O)OC(C)(C)C)CCC1SCOC(=O)C(C)(C)C. The van der Waals surface area contributed by atoms with Gasteiger partial charge in [-0.3, -0.25) is 4.79 Å². The van der Waals surface area contributed by atoms with Crippen LogP contribution < -0.4 is 0 Å². The molecule has 23 heavy (non-hydrogen) atoms. The standard InChI is InChI=1S/C17H31NO4S/c1-12-10-18(15(20)22-17(5,6)7)9-8-13(12)23-11-21-14(19)16(2,3)4/h12-13H,8-11H2,1-7H3. The molecule has 0 spiro atoms. The minimum atomic E-state index is -0.466. The quantitative estimate of drug-likeness (QED) is 0.573. The van der Waals surface area contributed by atoms with E-state index in [2.05, 4.69) is 6.92 Å². The second-order valence-electron chi connectivity index (χ2n) is 8.20. The second kappa shape index (κ2) is 7.77. The molecule has 0 aromatic carbocycles. The third-order valence-electron chi connectivity index (χ3n) is 3.56. The molecule has 1 rings (SSSR count). The lowest BCUT2D eigenvalue weighted by Gasteiger charge is -2.37. The summed E-state index contributed by atoms with van der Waals surface area (Å²) in [4.78, 5) is 25.6. The van der Waals surface area contributed by atoms with Crippen LogP contribution in [-0.2, 0) is 14.3 Å². The monoisotopic (exact) mass is 345 g/mol. The van der Waals surface area contributed by atoms with Crippen LogP contribution in [-0.4, -0.2) is 46.8 Å². The van der Waals surface area contributed by atoms with Crippen LogP contribution in [0.25, 0.3) is 0 Å². The van der Waals surface area contributed by atoms with Crippen molar-refractivity contribution in [1.29, 1.82) is 0 Å². The Morgan fingerprint density at radius 3 is 2.26 bits per heavy atom. The van der Waals surface area contributed by atoms with Crippen LogP contribution in [0, 0.1) is 11.3 Å². The van der Waals surface area contributed by atoms with Gasteiger partial charge in [-0.15, -0.1) is 11.8 Å². The molecule has 1 fully saturated rings. The van der Waals surface area contributed by atoms with Crippen molar-refractivity contribution in [2.24, 2.45) is 11.3 Å². The van der Waals surface area contributed by atoms with Gasteiger partial charge in [0.25, 0.3) is 0 Å². The zero-order valence-corrected chi connectivity index (χ0v) is 16.3. The first kappa shape index (κ1) is 20.1. The molecular formula is C17H31NO4S. The summed E-state index contributed by atoms with van der Waals surface area (Å²) < 4.78 is 10.7. The first-order chi connectivity index (χ1) is 10.4. The van der Waals surface area contributed by atoms with Crippen LogP contribution >= 0.6 is 11.8 Å². The fourth-order valence-corrected chi connectivity index (χ4v) is 3.29. The summed E-state index contributed by atoms with van der Waals surface area (Å²) in [5, 5.41) is 0.390. The molecule has 5 nitrogen and oxygen atoms in total. The molecule has 0 aliphatic carbocycles. The summed E-state index contributed by atoms with van der Waals surface area (Å²) in [6, 6.07) is 0. The lowest BCUT2D eigenvalue weighted by Crippen LogP contribution is -2.46. The zero-order chi connectivity index (χ0) is 17.8. The van der Waals surface area contributed by atoms with Crippen molar-refractivity contribution in [2.75, 3.05) is 19.0 Å². The van der Waals surface area contributed by atoms with Gasteiger partial charge < -0.3 is 14.4 Å². The van der Waals surface area contributed by atoms with Crippen LogP contribution in [0.5, 0.6) is 0 Å². The lowest BCUT2D eigenvalue weighted by molar-refractivity contribution is -0.150. The fourth-order valence-electron chi connectivity index (χ4n) is 2.26. The molecule has 0 aromatic heterocycles. The fraction of sp³-hybridized carbons (Fsp3) is 0.882. The molecule has 1 aliphatic rings. The van der Waals surface area contributed by atoms with Crippen LogP contribution in [0.3, 0.4) is 0 Å². The average molecular weight is 346 g/mol. The Labute approximate surface area is 144 Å². The Hall–Kier alpha value is -0.910. The van der Waals surface area contributed by atoms with Gasteiger partial charge in [-0.05, 0) is 53.9 Å². The Balaban J connectivity index is 2.39. The highest BCUT2D eigenvalue weighted by molar-refractivity contribution is 7.99. The molecule has 1 amide bonds. The number of rotatable bonds is 3. The van der Waals surface area contributed by atoms with Crippen molar-refractivity contribution in [3.63, 3.8) is 0 Å². The number of esters is 1. The number of hydrogen-bond acceptors (Lipinski definition) is 5. The summed E-state index contributed by atoms with van der Waals surface area (Å²) in [5.41, 5.74) is -0.931. The number of amides is 1. The summed E-state index contributed by atoms with van der Waals surface area (Å²) in [6.07, 6.45) is 0.643. The smallest absolute Gasteiger partial charge is 0.410 e. The molecule has 0 saturated carbocycles. The minimum Gasteiger partial charge on any atom is -0.454 e. The molecule has 0 N–H and O–H groups in total. The van der Waals surface area contributed by atoms with Crippen molar-refractivity contribution in [3.05, 3.63) is 0 Å². The van der Waals surface area contributed by atoms with E-state index < -0.39 is 11.0 Å². The number of carbonyl (C=O) groups excluding carboxylic acids is 2. The minimum absolute atomic E-state index is 0.177. The summed E-state index contributed by atoms with van der Waals surface area (Å²) in [5.74, 6) is 0.538. The maximum Gasteiger partial charge on any atom is 0.410 e. The maximum atomic E-state index is 12.1. The summed E-state index contributed by atoms with van der Waals surface area (Å²) >= 11 is 1.65. The first-order valence-corrected chi connectivity index (χ1v) is 9.22. The number of thioether (sulfide) groups is 1. The van der Waals surface area contributed by atoms with Gasteiger partial charge in [0.1, 0.15) is 11.5 Å². The molecule has 1 saturated heterocycles. The molecule has 1 heterocycles. The number of carbonyl (C=O) groups is 2. The highest BCUT2D eigenvalue weighted by Gasteiger charge is 2.32. The van der Waals surface area contributed by atoms with Gasteiger partial charge in [-0.1, -0.05) is 6.92 Å². The number of likely N-dealkylation sites (tertiary alicyclic amines) is 1. The third kappa shape index (κ3) is 7.02. The first-order valence-electron chi connectivity index (χ1n) is 8.17. The molecule has 2 unspecified atom stereocenters. The Bertz CT molecular complexity index is 425. The number of ether oxygens (including phenoxy) is 2. The van der Waals surface area contributed by atoms with E-state index in [9.17, 15) is 9.59 Å². The molecule has 134 valence electrons. The van der Waals surface area contributed by atoms with E-state index in [0.717, 1.165) is 6.42 Å². The number of hydrogen-bond donors (Lipinski definition) is 0. The molecular weight excluding hydrogens is 314 g/mol. The molecule has 0 bridgehead atoms. The van der Waals surface area contributed by atoms with Gasteiger partial charge in [0, 0.05) is 18.3 Å².